The van der Waals surface area contributed by atoms with Crippen LogP contribution in [0.15, 0.2) is 42.7 Å². The predicted molar refractivity (Wildman–Crippen MR) is 102 cm³/mol. The number of aliphatic hydroxyl groups is 2. The maximum atomic E-state index is 10.7. The fourth-order valence-corrected chi connectivity index (χ4v) is 3.93. The van der Waals surface area contributed by atoms with E-state index in [1.54, 1.807) is 19.3 Å². The van der Waals surface area contributed by atoms with E-state index < -0.39 is 12.2 Å². The second kappa shape index (κ2) is 6.83. The molecule has 1 aliphatic rings. The van der Waals surface area contributed by atoms with Crippen molar-refractivity contribution >= 4 is 10.9 Å². The van der Waals surface area contributed by atoms with Gasteiger partial charge in [-0.2, -0.15) is 0 Å². The minimum atomic E-state index is -0.575. The average Bonchev–Trinajstić information content (AvgIpc) is 2.95. The van der Waals surface area contributed by atoms with Crippen LogP contribution in [0.4, 0.5) is 0 Å². The van der Waals surface area contributed by atoms with Crippen molar-refractivity contribution in [2.24, 2.45) is 0 Å². The largest absolute Gasteiger partial charge is 0.389 e. The van der Waals surface area contributed by atoms with Gasteiger partial charge in [-0.25, -0.2) is 0 Å². The van der Waals surface area contributed by atoms with Crippen LogP contribution in [-0.2, 0) is 19.5 Å². The molecule has 1 aromatic carbocycles. The van der Waals surface area contributed by atoms with Crippen LogP contribution in [0.3, 0.4) is 0 Å². The molecule has 0 saturated carbocycles. The van der Waals surface area contributed by atoms with Gasteiger partial charge in [0.2, 0.25) is 0 Å². The van der Waals surface area contributed by atoms with Crippen molar-refractivity contribution in [3.63, 3.8) is 0 Å². The number of fused-ring (bicyclic) bond motifs is 3. The summed E-state index contributed by atoms with van der Waals surface area (Å²) in [5.41, 5.74) is 5.56. The Morgan fingerprint density at radius 1 is 1.12 bits per heavy atom. The van der Waals surface area contributed by atoms with Crippen molar-refractivity contribution in [1.82, 2.24) is 14.5 Å². The van der Waals surface area contributed by atoms with Gasteiger partial charge in [-0.1, -0.05) is 6.07 Å². The molecule has 0 aliphatic carbocycles. The lowest BCUT2D eigenvalue weighted by molar-refractivity contribution is 0.156. The molecule has 0 saturated heterocycles. The number of nitrogens with zero attached hydrogens (tertiary/aromatic N) is 3. The van der Waals surface area contributed by atoms with Crippen LogP contribution >= 0.6 is 0 Å². The third-order valence-electron chi connectivity index (χ3n) is 5.40. The Bertz CT molecular complexity index is 918. The highest BCUT2D eigenvalue weighted by Gasteiger charge is 2.24. The van der Waals surface area contributed by atoms with E-state index in [1.807, 2.05) is 18.2 Å². The average molecular weight is 351 g/mol. The van der Waals surface area contributed by atoms with E-state index >= 15 is 0 Å². The van der Waals surface area contributed by atoms with E-state index in [0.717, 1.165) is 36.2 Å². The first kappa shape index (κ1) is 17.2. The molecule has 2 atom stereocenters. The zero-order valence-electron chi connectivity index (χ0n) is 15.3. The summed E-state index contributed by atoms with van der Waals surface area (Å²) in [5.74, 6) is 0. The molecule has 0 radical (unpaired) electrons. The van der Waals surface area contributed by atoms with E-state index in [9.17, 15) is 10.2 Å². The summed E-state index contributed by atoms with van der Waals surface area (Å²) in [4.78, 5) is 6.35. The number of hydrogen-bond acceptors (Lipinski definition) is 4. The fraction of sp³-hybridized carbons (Fsp3) is 0.381. The highest BCUT2D eigenvalue weighted by atomic mass is 16.3. The maximum Gasteiger partial charge on any atom is 0.0970 e. The van der Waals surface area contributed by atoms with E-state index in [0.29, 0.717) is 6.54 Å². The molecule has 2 unspecified atom stereocenters. The molecule has 26 heavy (non-hydrogen) atoms. The second-order valence-corrected chi connectivity index (χ2v) is 7.27. The van der Waals surface area contributed by atoms with Crippen molar-refractivity contribution in [1.29, 1.82) is 0 Å². The summed E-state index contributed by atoms with van der Waals surface area (Å²) in [6.45, 7) is 4.23. The van der Waals surface area contributed by atoms with Crippen LogP contribution < -0.4 is 0 Å². The summed E-state index contributed by atoms with van der Waals surface area (Å²) >= 11 is 0. The third kappa shape index (κ3) is 3.03. The van der Waals surface area contributed by atoms with E-state index in [-0.39, 0.29) is 0 Å². The number of aliphatic hydroxyl groups excluding tert-OH is 2. The highest BCUT2D eigenvalue weighted by Crippen LogP contribution is 2.33. The molecule has 5 heteroatoms. The summed E-state index contributed by atoms with van der Waals surface area (Å²) < 4.78 is 2.26. The van der Waals surface area contributed by atoms with Crippen LogP contribution in [0, 0.1) is 0 Å². The van der Waals surface area contributed by atoms with Gasteiger partial charge in [0.25, 0.3) is 0 Å². The molecule has 1 aliphatic heterocycles. The SMILES string of the molecule is CC(O)c1ccc2c(c1)c1c(n2CC(O)c2ccncc2)CCN(C)C1. The normalized spacial score (nSPS) is 17.2. The Hall–Kier alpha value is -2.21. The maximum absolute atomic E-state index is 10.7. The Morgan fingerprint density at radius 2 is 1.88 bits per heavy atom. The Kier molecular flexibility index (Phi) is 4.53. The van der Waals surface area contributed by atoms with Crippen LogP contribution in [0.2, 0.25) is 0 Å². The Morgan fingerprint density at radius 3 is 2.62 bits per heavy atom. The predicted octanol–water partition coefficient (Wildman–Crippen LogP) is 2.81. The first-order valence-corrected chi connectivity index (χ1v) is 9.13. The molecular formula is C21H25N3O2. The molecular weight excluding hydrogens is 326 g/mol. The van der Waals surface area contributed by atoms with Crippen LogP contribution in [0.1, 0.15) is 41.5 Å². The number of benzene rings is 1. The molecule has 0 spiro atoms. The van der Waals surface area contributed by atoms with Gasteiger partial charge in [-0.15, -0.1) is 0 Å². The molecule has 3 heterocycles. The number of rotatable bonds is 4. The lowest BCUT2D eigenvalue weighted by atomic mass is 10.0. The van der Waals surface area contributed by atoms with Gasteiger partial charge in [0, 0.05) is 48.5 Å². The summed E-state index contributed by atoms with van der Waals surface area (Å²) in [5, 5.41) is 21.9. The smallest absolute Gasteiger partial charge is 0.0970 e. The van der Waals surface area contributed by atoms with Crippen molar-refractivity contribution < 1.29 is 10.2 Å². The van der Waals surface area contributed by atoms with Gasteiger partial charge in [0.05, 0.1) is 18.8 Å². The van der Waals surface area contributed by atoms with Crippen molar-refractivity contribution in [3.05, 3.63) is 65.1 Å². The zero-order valence-corrected chi connectivity index (χ0v) is 15.3. The topological polar surface area (TPSA) is 61.5 Å². The summed E-state index contributed by atoms with van der Waals surface area (Å²) in [6.07, 6.45) is 3.33. The zero-order chi connectivity index (χ0) is 18.3. The monoisotopic (exact) mass is 351 g/mol. The third-order valence-corrected chi connectivity index (χ3v) is 5.40. The lowest BCUT2D eigenvalue weighted by Crippen LogP contribution is -2.27. The van der Waals surface area contributed by atoms with Crippen molar-refractivity contribution in [3.8, 4) is 0 Å². The molecule has 0 bridgehead atoms. The molecule has 4 rings (SSSR count). The van der Waals surface area contributed by atoms with Crippen LogP contribution in [-0.4, -0.2) is 38.3 Å². The molecule has 0 fully saturated rings. The van der Waals surface area contributed by atoms with Crippen LogP contribution in [0.25, 0.3) is 10.9 Å². The first-order valence-electron chi connectivity index (χ1n) is 9.13. The first-order chi connectivity index (χ1) is 12.5. The minimum absolute atomic E-state index is 0.484. The molecule has 2 aromatic heterocycles. The summed E-state index contributed by atoms with van der Waals surface area (Å²) in [7, 11) is 2.14. The van der Waals surface area contributed by atoms with Gasteiger partial charge in [-0.3, -0.25) is 4.98 Å². The molecule has 0 amide bonds. The minimum Gasteiger partial charge on any atom is -0.389 e. The van der Waals surface area contributed by atoms with E-state index in [2.05, 4.69) is 33.6 Å². The standard InChI is InChI=1S/C21H25N3O2/c1-14(25)16-3-4-19-17(11-16)18-12-23(2)10-7-20(18)24(19)13-21(26)15-5-8-22-9-6-15/h3-6,8-9,11,14,21,25-26H,7,10,12-13H2,1-2H3. The van der Waals surface area contributed by atoms with E-state index in [1.165, 1.54) is 16.6 Å². The van der Waals surface area contributed by atoms with Gasteiger partial charge in [0.1, 0.15) is 0 Å². The highest BCUT2D eigenvalue weighted by molar-refractivity contribution is 5.86. The summed E-state index contributed by atoms with van der Waals surface area (Å²) in [6, 6.07) is 9.89. The van der Waals surface area contributed by atoms with Gasteiger partial charge in [-0.05, 0) is 54.9 Å². The second-order valence-electron chi connectivity index (χ2n) is 7.27. The van der Waals surface area contributed by atoms with Crippen molar-refractivity contribution in [2.75, 3.05) is 13.6 Å². The van der Waals surface area contributed by atoms with E-state index in [4.69, 9.17) is 0 Å². The number of aromatic nitrogens is 2. The molecule has 2 N–H and O–H groups in total. The molecule has 3 aromatic rings. The van der Waals surface area contributed by atoms with Crippen molar-refractivity contribution in [2.45, 2.75) is 38.6 Å². The number of hydrogen-bond donors (Lipinski definition) is 2. The van der Waals surface area contributed by atoms with Crippen LogP contribution in [0.5, 0.6) is 0 Å². The quantitative estimate of drug-likeness (QED) is 0.759. The lowest BCUT2D eigenvalue weighted by Gasteiger charge is -2.25. The Labute approximate surface area is 153 Å². The molecule has 5 nitrogen and oxygen atoms in total. The van der Waals surface area contributed by atoms with Gasteiger partial charge < -0.3 is 19.7 Å². The number of pyridine rings is 1. The van der Waals surface area contributed by atoms with Gasteiger partial charge >= 0.3 is 0 Å². The molecule has 136 valence electrons. The Balaban J connectivity index is 1.81. The van der Waals surface area contributed by atoms with Gasteiger partial charge in [0.15, 0.2) is 0 Å². The number of likely N-dealkylation sites (N-methyl/N-ethyl adjacent to an activating group) is 1. The fourth-order valence-electron chi connectivity index (χ4n) is 3.93.